The number of carbonyl (C=O) groups excluding carboxylic acids is 1. The Morgan fingerprint density at radius 1 is 1.19 bits per heavy atom. The highest BCUT2D eigenvalue weighted by Crippen LogP contribution is 2.56. The van der Waals surface area contributed by atoms with Crippen molar-refractivity contribution in [2.45, 2.75) is 38.5 Å². The molecule has 2 rings (SSSR count). The lowest BCUT2D eigenvalue weighted by atomic mass is 9.64. The number of hydrogen-bond acceptors (Lipinski definition) is 3. The minimum atomic E-state index is -0.841. The average molecular weight is 306 g/mol. The summed E-state index contributed by atoms with van der Waals surface area (Å²) in [5.74, 6) is -0.975. The summed E-state index contributed by atoms with van der Waals surface area (Å²) in [7, 11) is 0. The van der Waals surface area contributed by atoms with Gasteiger partial charge in [-0.2, -0.15) is 0 Å². The maximum atomic E-state index is 12.8. The number of Topliss-reactive ketones (excluding diaryl/α,β-unsaturated/α-hetero) is 1. The fraction of sp³-hybridized carbons (Fsp3) is 0.529. The molecule has 0 aromatic heterocycles. The number of thioether (sulfide) groups is 1. The van der Waals surface area contributed by atoms with Crippen molar-refractivity contribution in [2.24, 2.45) is 16.7 Å². The van der Waals surface area contributed by atoms with E-state index in [-0.39, 0.29) is 11.7 Å². The molecule has 1 fully saturated rings. The summed E-state index contributed by atoms with van der Waals surface area (Å²) in [6, 6.07) is 7.58. The van der Waals surface area contributed by atoms with Gasteiger partial charge in [0, 0.05) is 16.4 Å². The van der Waals surface area contributed by atoms with Gasteiger partial charge in [0.05, 0.1) is 5.41 Å². The van der Waals surface area contributed by atoms with Gasteiger partial charge in [0.25, 0.3) is 0 Å². The number of aliphatic carboxylic acids is 1. The molecule has 1 aliphatic rings. The SMILES string of the molecule is CSc1ccc(C(=O)C2CCC(C)(C(=O)O)C2(C)C)cc1. The van der Waals surface area contributed by atoms with E-state index in [1.165, 1.54) is 0 Å². The third-order valence-corrected chi connectivity index (χ3v) is 6.13. The van der Waals surface area contributed by atoms with E-state index in [4.69, 9.17) is 0 Å². The third kappa shape index (κ3) is 2.50. The highest BCUT2D eigenvalue weighted by molar-refractivity contribution is 7.98. The summed E-state index contributed by atoms with van der Waals surface area (Å²) < 4.78 is 0. The normalized spacial score (nSPS) is 27.5. The van der Waals surface area contributed by atoms with Crippen LogP contribution in [0.25, 0.3) is 0 Å². The lowest BCUT2D eigenvalue weighted by molar-refractivity contribution is -0.153. The molecule has 0 amide bonds. The molecule has 114 valence electrons. The van der Waals surface area contributed by atoms with Gasteiger partial charge in [0.2, 0.25) is 0 Å². The van der Waals surface area contributed by atoms with Crippen LogP contribution in [0.1, 0.15) is 44.0 Å². The molecule has 1 aromatic carbocycles. The van der Waals surface area contributed by atoms with Crippen molar-refractivity contribution in [2.75, 3.05) is 6.26 Å². The van der Waals surface area contributed by atoms with Gasteiger partial charge in [-0.25, -0.2) is 0 Å². The Kier molecular flexibility index (Phi) is 4.20. The van der Waals surface area contributed by atoms with Gasteiger partial charge in [-0.3, -0.25) is 9.59 Å². The molecule has 0 heterocycles. The fourth-order valence-corrected chi connectivity index (χ4v) is 3.71. The summed E-state index contributed by atoms with van der Waals surface area (Å²) >= 11 is 1.64. The highest BCUT2D eigenvalue weighted by atomic mass is 32.2. The molecule has 0 saturated heterocycles. The summed E-state index contributed by atoms with van der Waals surface area (Å²) in [5, 5.41) is 9.53. The van der Waals surface area contributed by atoms with Crippen molar-refractivity contribution >= 4 is 23.5 Å². The van der Waals surface area contributed by atoms with Crippen LogP contribution in [0.3, 0.4) is 0 Å². The largest absolute Gasteiger partial charge is 0.481 e. The van der Waals surface area contributed by atoms with Gasteiger partial charge in [0.1, 0.15) is 0 Å². The van der Waals surface area contributed by atoms with Gasteiger partial charge < -0.3 is 5.11 Å². The van der Waals surface area contributed by atoms with Crippen LogP contribution < -0.4 is 0 Å². The van der Waals surface area contributed by atoms with E-state index in [0.717, 1.165) is 4.90 Å². The molecule has 2 unspecified atom stereocenters. The molecule has 0 aliphatic heterocycles. The zero-order valence-electron chi connectivity index (χ0n) is 13.0. The van der Waals surface area contributed by atoms with Crippen LogP contribution in [-0.4, -0.2) is 23.1 Å². The lowest BCUT2D eigenvalue weighted by Gasteiger charge is -2.37. The second-order valence-electron chi connectivity index (χ2n) is 6.54. The maximum absolute atomic E-state index is 12.8. The van der Waals surface area contributed by atoms with Crippen LogP contribution in [0.5, 0.6) is 0 Å². The Morgan fingerprint density at radius 3 is 2.19 bits per heavy atom. The Labute approximate surface area is 130 Å². The minimum Gasteiger partial charge on any atom is -0.481 e. The Balaban J connectivity index is 2.30. The molecule has 4 heteroatoms. The smallest absolute Gasteiger partial charge is 0.309 e. The number of carboxylic acid groups (broad SMARTS) is 1. The molecule has 21 heavy (non-hydrogen) atoms. The standard InChI is InChI=1S/C17H22O3S/c1-16(2)13(9-10-17(16,3)15(19)20)14(18)11-5-7-12(21-4)8-6-11/h5-8,13H,9-10H2,1-4H3,(H,19,20). The number of ketones is 1. The Bertz CT molecular complexity index is 562. The summed E-state index contributed by atoms with van der Waals surface area (Å²) in [6.07, 6.45) is 3.18. The number of hydrogen-bond donors (Lipinski definition) is 1. The van der Waals surface area contributed by atoms with E-state index < -0.39 is 16.8 Å². The predicted octanol–water partition coefficient (Wildman–Crippen LogP) is 4.12. The zero-order chi connectivity index (χ0) is 15.8. The number of rotatable bonds is 4. The van der Waals surface area contributed by atoms with Crippen LogP contribution in [-0.2, 0) is 4.79 Å². The first-order chi connectivity index (χ1) is 9.74. The van der Waals surface area contributed by atoms with Gasteiger partial charge in [-0.1, -0.05) is 26.0 Å². The van der Waals surface area contributed by atoms with E-state index in [0.29, 0.717) is 18.4 Å². The van der Waals surface area contributed by atoms with Crippen molar-refractivity contribution in [3.63, 3.8) is 0 Å². The van der Waals surface area contributed by atoms with Gasteiger partial charge in [-0.15, -0.1) is 11.8 Å². The zero-order valence-corrected chi connectivity index (χ0v) is 13.8. The second-order valence-corrected chi connectivity index (χ2v) is 7.42. The monoisotopic (exact) mass is 306 g/mol. The van der Waals surface area contributed by atoms with Crippen LogP contribution in [0.2, 0.25) is 0 Å². The summed E-state index contributed by atoms with van der Waals surface area (Å²) in [6.45, 7) is 5.58. The molecule has 0 bridgehead atoms. The quantitative estimate of drug-likeness (QED) is 0.671. The molecular formula is C17H22O3S. The van der Waals surface area contributed by atoms with Crippen LogP contribution >= 0.6 is 11.8 Å². The maximum Gasteiger partial charge on any atom is 0.309 e. The third-order valence-electron chi connectivity index (χ3n) is 5.39. The molecule has 1 aliphatic carbocycles. The second kappa shape index (κ2) is 5.48. The van der Waals surface area contributed by atoms with Crippen molar-refractivity contribution in [3.05, 3.63) is 29.8 Å². The minimum absolute atomic E-state index is 0.0672. The van der Waals surface area contributed by atoms with Crippen LogP contribution in [0, 0.1) is 16.7 Å². The van der Waals surface area contributed by atoms with Crippen LogP contribution in [0.4, 0.5) is 0 Å². The van der Waals surface area contributed by atoms with Gasteiger partial charge in [0.15, 0.2) is 5.78 Å². The molecular weight excluding hydrogens is 284 g/mol. The van der Waals surface area contributed by atoms with Gasteiger partial charge >= 0.3 is 5.97 Å². The molecule has 0 spiro atoms. The molecule has 1 N–H and O–H groups in total. The lowest BCUT2D eigenvalue weighted by Crippen LogP contribution is -2.42. The summed E-state index contributed by atoms with van der Waals surface area (Å²) in [4.78, 5) is 25.5. The van der Waals surface area contributed by atoms with Crippen molar-refractivity contribution in [1.82, 2.24) is 0 Å². The topological polar surface area (TPSA) is 54.4 Å². The van der Waals surface area contributed by atoms with Gasteiger partial charge in [-0.05, 0) is 43.6 Å². The fourth-order valence-electron chi connectivity index (χ4n) is 3.30. The number of carbonyl (C=O) groups is 2. The summed E-state index contributed by atoms with van der Waals surface area (Å²) in [5.41, 5.74) is -0.707. The molecule has 3 nitrogen and oxygen atoms in total. The van der Waals surface area contributed by atoms with Crippen molar-refractivity contribution < 1.29 is 14.7 Å². The van der Waals surface area contributed by atoms with E-state index in [2.05, 4.69) is 0 Å². The van der Waals surface area contributed by atoms with E-state index in [1.807, 2.05) is 44.4 Å². The Morgan fingerprint density at radius 2 is 1.76 bits per heavy atom. The first kappa shape index (κ1) is 16.1. The number of benzene rings is 1. The first-order valence-corrected chi connectivity index (χ1v) is 8.38. The molecule has 1 aromatic rings. The van der Waals surface area contributed by atoms with E-state index >= 15 is 0 Å². The number of carboxylic acids is 1. The first-order valence-electron chi connectivity index (χ1n) is 7.15. The highest BCUT2D eigenvalue weighted by Gasteiger charge is 2.58. The van der Waals surface area contributed by atoms with E-state index in [1.54, 1.807) is 18.7 Å². The van der Waals surface area contributed by atoms with Crippen molar-refractivity contribution in [3.8, 4) is 0 Å². The Hall–Kier alpha value is -1.29. The average Bonchev–Trinajstić information content (AvgIpc) is 2.70. The predicted molar refractivity (Wildman–Crippen MR) is 84.8 cm³/mol. The molecule has 0 radical (unpaired) electrons. The van der Waals surface area contributed by atoms with Crippen molar-refractivity contribution in [1.29, 1.82) is 0 Å². The van der Waals surface area contributed by atoms with E-state index in [9.17, 15) is 14.7 Å². The molecule has 1 saturated carbocycles. The van der Waals surface area contributed by atoms with Crippen LogP contribution in [0.15, 0.2) is 29.2 Å². The molecule has 2 atom stereocenters.